The Morgan fingerprint density at radius 3 is 2.24 bits per heavy atom. The van der Waals surface area contributed by atoms with E-state index in [0.29, 0.717) is 12.0 Å². The number of fused-ring (bicyclic) bond motifs is 5. The van der Waals surface area contributed by atoms with Crippen molar-refractivity contribution in [3.63, 3.8) is 0 Å². The molecule has 1 aliphatic heterocycles. The van der Waals surface area contributed by atoms with Crippen LogP contribution in [0.15, 0.2) is 41.5 Å². The normalized spacial score (nSPS) is 37.8. The molecule has 0 amide bonds. The number of esters is 3. The Labute approximate surface area is 288 Å². The van der Waals surface area contributed by atoms with Gasteiger partial charge in [0.1, 0.15) is 30.0 Å². The van der Waals surface area contributed by atoms with Crippen molar-refractivity contribution in [1.29, 1.82) is 0 Å². The number of carbonyl (C=O) groups excluding carboxylic acids is 4. The Hall–Kier alpha value is -3.16. The molecule has 270 valence electrons. The Bertz CT molecular complexity index is 1520. The lowest BCUT2D eigenvalue weighted by atomic mass is 9.43. The highest BCUT2D eigenvalue weighted by Crippen LogP contribution is 2.65. The summed E-state index contributed by atoms with van der Waals surface area (Å²) in [6.07, 6.45) is -5.98. The average Bonchev–Trinajstić information content (AvgIpc) is 3.03. The van der Waals surface area contributed by atoms with E-state index < -0.39 is 88.1 Å². The monoisotopic (exact) mass is 685 g/mol. The van der Waals surface area contributed by atoms with Crippen LogP contribution in [0.25, 0.3) is 0 Å². The molecule has 2 saturated carbocycles. The van der Waals surface area contributed by atoms with E-state index in [-0.39, 0.29) is 30.2 Å². The number of ether oxygens (including phenoxy) is 5. The molecular weight excluding hydrogens is 634 g/mol. The van der Waals surface area contributed by atoms with E-state index >= 15 is 0 Å². The Balaban J connectivity index is 1.76. The van der Waals surface area contributed by atoms with Gasteiger partial charge in [-0.25, -0.2) is 9.59 Å². The molecule has 2 N–H and O–H groups in total. The first kappa shape index (κ1) is 37.1. The second kappa shape index (κ2) is 12.9. The molecule has 3 fully saturated rings. The van der Waals surface area contributed by atoms with Crippen molar-refractivity contribution in [2.24, 2.45) is 22.7 Å². The van der Waals surface area contributed by atoms with Crippen molar-refractivity contribution in [3.8, 4) is 0 Å². The van der Waals surface area contributed by atoms with Crippen molar-refractivity contribution in [3.05, 3.63) is 47.0 Å². The van der Waals surface area contributed by atoms with Crippen LogP contribution in [0.4, 0.5) is 0 Å². The first-order valence-corrected chi connectivity index (χ1v) is 16.9. The van der Waals surface area contributed by atoms with Gasteiger partial charge in [0.25, 0.3) is 0 Å². The number of benzene rings is 1. The number of hydrogen-bond donors (Lipinski definition) is 2. The number of aliphatic hydroxyl groups excluding tert-OH is 1. The second-order valence-corrected chi connectivity index (χ2v) is 15.3. The smallest absolute Gasteiger partial charge is 0.338 e. The zero-order valence-electron chi connectivity index (χ0n) is 30.1. The molecule has 1 aromatic rings. The number of rotatable bonds is 8. The van der Waals surface area contributed by atoms with Gasteiger partial charge in [-0.3, -0.25) is 9.59 Å². The summed E-state index contributed by atoms with van der Waals surface area (Å²) in [6, 6.07) is 7.88. The van der Waals surface area contributed by atoms with Crippen LogP contribution in [0.1, 0.15) is 71.7 Å². The topological polar surface area (TPSA) is 158 Å². The third-order valence-electron chi connectivity index (χ3n) is 12.4. The summed E-state index contributed by atoms with van der Waals surface area (Å²) in [7, 11) is 5.00. The van der Waals surface area contributed by atoms with Gasteiger partial charge in [0.05, 0.1) is 18.1 Å². The molecule has 2 bridgehead atoms. The summed E-state index contributed by atoms with van der Waals surface area (Å²) < 4.78 is 30.1. The molecular formula is C37H51NO11. The summed E-state index contributed by atoms with van der Waals surface area (Å²) >= 11 is 0. The van der Waals surface area contributed by atoms with E-state index in [1.165, 1.54) is 14.0 Å². The van der Waals surface area contributed by atoms with Gasteiger partial charge in [-0.15, -0.1) is 0 Å². The van der Waals surface area contributed by atoms with Crippen molar-refractivity contribution in [1.82, 2.24) is 4.90 Å². The van der Waals surface area contributed by atoms with Crippen LogP contribution in [-0.4, -0.2) is 114 Å². The second-order valence-electron chi connectivity index (χ2n) is 15.3. The molecule has 5 rings (SSSR count). The van der Waals surface area contributed by atoms with Gasteiger partial charge in [0.15, 0.2) is 17.5 Å². The standard InChI is InChI=1S/C37H51NO11/c1-19-16-25-36(18-46-25,49-22(4)39)29-31(48-32(42)23-14-12-11-13-15-23)37(44)17-24(47-33(43)28(45-10)21(3)38(8)9)20(2)26(34(37,5)6)27(40)30(41)35(19,29)7/h11-15,19,21,24-25,27-29,31,40,44H,16-18H2,1-10H3/t19-,21?,24?,25?,27?,28?,29?,31?,35+,36?,37?/m0/s1. The summed E-state index contributed by atoms with van der Waals surface area (Å²) in [5.74, 6) is -4.30. The lowest BCUT2D eigenvalue weighted by Gasteiger charge is -2.68. The van der Waals surface area contributed by atoms with E-state index in [0.717, 1.165) is 0 Å². The molecule has 1 heterocycles. The maximum atomic E-state index is 14.9. The Morgan fingerprint density at radius 1 is 1.08 bits per heavy atom. The summed E-state index contributed by atoms with van der Waals surface area (Å²) in [5.41, 5.74) is -5.65. The first-order valence-electron chi connectivity index (χ1n) is 16.9. The highest BCUT2D eigenvalue weighted by Gasteiger charge is 2.77. The molecule has 12 nitrogen and oxygen atoms in total. The third-order valence-corrected chi connectivity index (χ3v) is 12.4. The molecule has 11 atom stereocenters. The van der Waals surface area contributed by atoms with Gasteiger partial charge in [-0.2, -0.15) is 0 Å². The fourth-order valence-corrected chi connectivity index (χ4v) is 9.04. The van der Waals surface area contributed by atoms with E-state index in [2.05, 4.69) is 0 Å². The van der Waals surface area contributed by atoms with Gasteiger partial charge in [0.2, 0.25) is 0 Å². The highest BCUT2D eigenvalue weighted by atomic mass is 16.6. The fraction of sp³-hybridized carbons (Fsp3) is 0.676. The average molecular weight is 686 g/mol. The molecule has 0 aromatic heterocycles. The van der Waals surface area contributed by atoms with Crippen LogP contribution in [0.2, 0.25) is 0 Å². The number of aliphatic hydroxyl groups is 2. The summed E-state index contributed by atoms with van der Waals surface area (Å²) in [6.45, 7) is 11.5. The number of Topliss-reactive ketones (excluding diaryl/α,β-unsaturated/α-hetero) is 1. The van der Waals surface area contributed by atoms with Crippen molar-refractivity contribution in [2.45, 2.75) is 109 Å². The predicted octanol–water partition coefficient (Wildman–Crippen LogP) is 2.87. The Kier molecular flexibility index (Phi) is 9.74. The molecule has 3 aliphatic carbocycles. The largest absolute Gasteiger partial charge is 0.456 e. The third kappa shape index (κ3) is 5.54. The van der Waals surface area contributed by atoms with Crippen LogP contribution in [0.3, 0.4) is 0 Å². The number of hydrogen-bond acceptors (Lipinski definition) is 12. The fourth-order valence-electron chi connectivity index (χ4n) is 9.04. The number of likely N-dealkylation sites (N-methyl/N-ethyl adjacent to an activating group) is 1. The summed E-state index contributed by atoms with van der Waals surface area (Å²) in [5, 5.41) is 25.5. The SMILES string of the molecule is COC(C(=O)OC1CC2(O)C(OC(=O)c3ccccc3)C3C4(OC(C)=O)COC4C[C@H](C)[C@@]3(C)C(=O)C(O)C(=C1C)C2(C)C)C(C)N(C)C. The maximum Gasteiger partial charge on any atom is 0.338 e. The van der Waals surface area contributed by atoms with E-state index in [9.17, 15) is 29.4 Å². The highest BCUT2D eigenvalue weighted by molar-refractivity contribution is 5.94. The first-order chi connectivity index (χ1) is 22.8. The molecule has 12 heteroatoms. The van der Waals surface area contributed by atoms with Crippen molar-refractivity contribution < 1.29 is 53.1 Å². The zero-order chi connectivity index (χ0) is 36.4. The lowest BCUT2D eigenvalue weighted by molar-refractivity contribution is -0.340. The van der Waals surface area contributed by atoms with Crippen molar-refractivity contribution in [2.75, 3.05) is 27.8 Å². The number of methoxy groups -OCH3 is 1. The minimum atomic E-state index is -2.08. The molecule has 9 unspecified atom stereocenters. The lowest BCUT2D eigenvalue weighted by Crippen LogP contribution is -2.80. The molecule has 1 saturated heterocycles. The van der Waals surface area contributed by atoms with Gasteiger partial charge in [-0.1, -0.05) is 45.9 Å². The molecule has 1 aromatic carbocycles. The van der Waals surface area contributed by atoms with E-state index in [4.69, 9.17) is 23.7 Å². The van der Waals surface area contributed by atoms with Crippen LogP contribution < -0.4 is 0 Å². The minimum absolute atomic E-state index is 0.110. The maximum absolute atomic E-state index is 14.9. The molecule has 0 spiro atoms. The van der Waals surface area contributed by atoms with Crippen LogP contribution in [-0.2, 0) is 38.1 Å². The molecule has 4 aliphatic rings. The minimum Gasteiger partial charge on any atom is -0.456 e. The predicted molar refractivity (Wildman–Crippen MR) is 176 cm³/mol. The van der Waals surface area contributed by atoms with Gasteiger partial charge in [-0.05, 0) is 63.6 Å². The number of ketones is 1. The van der Waals surface area contributed by atoms with Gasteiger partial charge >= 0.3 is 17.9 Å². The molecule has 49 heavy (non-hydrogen) atoms. The van der Waals surface area contributed by atoms with Crippen molar-refractivity contribution >= 4 is 23.7 Å². The number of carbonyl (C=O) groups is 4. The van der Waals surface area contributed by atoms with Crippen LogP contribution in [0.5, 0.6) is 0 Å². The van der Waals surface area contributed by atoms with E-state index in [1.807, 2.05) is 6.92 Å². The zero-order valence-corrected chi connectivity index (χ0v) is 30.1. The van der Waals surface area contributed by atoms with Crippen LogP contribution in [0, 0.1) is 22.7 Å². The van der Waals surface area contributed by atoms with Gasteiger partial charge in [0, 0.05) is 37.3 Å². The quantitative estimate of drug-likeness (QED) is 0.235. The Morgan fingerprint density at radius 2 is 1.71 bits per heavy atom. The number of nitrogens with zero attached hydrogens (tertiary/aromatic N) is 1. The van der Waals surface area contributed by atoms with Gasteiger partial charge < -0.3 is 38.8 Å². The molecule has 0 radical (unpaired) electrons. The van der Waals surface area contributed by atoms with E-state index in [1.54, 1.807) is 83.9 Å². The summed E-state index contributed by atoms with van der Waals surface area (Å²) in [4.78, 5) is 57.2. The van der Waals surface area contributed by atoms with Crippen LogP contribution >= 0.6 is 0 Å².